The Balaban J connectivity index is 2.26. The number of aliphatic hydroxyl groups excluding tert-OH is 1. The van der Waals surface area contributed by atoms with Crippen LogP contribution in [0.25, 0.3) is 0 Å². The van der Waals surface area contributed by atoms with E-state index in [-0.39, 0.29) is 24.3 Å². The summed E-state index contributed by atoms with van der Waals surface area (Å²) in [6.45, 7) is 1.26. The summed E-state index contributed by atoms with van der Waals surface area (Å²) in [5.41, 5.74) is 0.654. The van der Waals surface area contributed by atoms with E-state index in [0.29, 0.717) is 11.1 Å². The van der Waals surface area contributed by atoms with Gasteiger partial charge in [0.25, 0.3) is 11.6 Å². The molecule has 0 aliphatic heterocycles. The molecule has 2 N–H and O–H groups in total. The van der Waals surface area contributed by atoms with Gasteiger partial charge in [-0.3, -0.25) is 14.9 Å². The van der Waals surface area contributed by atoms with Gasteiger partial charge >= 0.3 is 0 Å². The maximum absolute atomic E-state index is 13.5. The molecule has 7 heteroatoms. The third-order valence-electron chi connectivity index (χ3n) is 3.42. The Labute approximate surface area is 131 Å². The Bertz CT molecular complexity index is 762. The van der Waals surface area contributed by atoms with Crippen molar-refractivity contribution < 1.29 is 19.2 Å². The number of nitrogens with zero attached hydrogens (tertiary/aromatic N) is 1. The SMILES string of the molecule is Cc1cc(F)cc(C(=O)NCc2ccccc2CO)c1[N+](=O)[O-]. The topological polar surface area (TPSA) is 92.5 Å². The molecule has 0 bridgehead atoms. The van der Waals surface area contributed by atoms with E-state index in [9.17, 15) is 24.4 Å². The largest absolute Gasteiger partial charge is 0.392 e. The average Bonchev–Trinajstić information content (AvgIpc) is 2.51. The molecule has 0 saturated carbocycles. The number of amides is 1. The van der Waals surface area contributed by atoms with E-state index >= 15 is 0 Å². The van der Waals surface area contributed by atoms with E-state index in [0.717, 1.165) is 12.1 Å². The number of nitro groups is 1. The van der Waals surface area contributed by atoms with Gasteiger partial charge in [-0.2, -0.15) is 0 Å². The fourth-order valence-corrected chi connectivity index (χ4v) is 2.31. The second-order valence-electron chi connectivity index (χ2n) is 4.99. The predicted molar refractivity (Wildman–Crippen MR) is 81.3 cm³/mol. The molecule has 0 unspecified atom stereocenters. The van der Waals surface area contributed by atoms with Crippen molar-refractivity contribution in [2.75, 3.05) is 0 Å². The smallest absolute Gasteiger partial charge is 0.285 e. The van der Waals surface area contributed by atoms with Crippen LogP contribution in [-0.4, -0.2) is 15.9 Å². The molecule has 0 saturated heterocycles. The molecule has 0 atom stereocenters. The Morgan fingerprint density at radius 3 is 2.57 bits per heavy atom. The summed E-state index contributed by atoms with van der Waals surface area (Å²) < 4.78 is 13.5. The number of carbonyl (C=O) groups excluding carboxylic acids is 1. The van der Waals surface area contributed by atoms with Crippen molar-refractivity contribution in [3.63, 3.8) is 0 Å². The molecule has 0 aliphatic carbocycles. The van der Waals surface area contributed by atoms with Crippen LogP contribution in [0.5, 0.6) is 0 Å². The van der Waals surface area contributed by atoms with E-state index in [1.165, 1.54) is 6.92 Å². The van der Waals surface area contributed by atoms with Gasteiger partial charge < -0.3 is 10.4 Å². The zero-order valence-electron chi connectivity index (χ0n) is 12.4. The van der Waals surface area contributed by atoms with Crippen LogP contribution in [0.15, 0.2) is 36.4 Å². The van der Waals surface area contributed by atoms with E-state index in [1.54, 1.807) is 24.3 Å². The molecule has 0 aromatic heterocycles. The van der Waals surface area contributed by atoms with Gasteiger partial charge in [-0.05, 0) is 30.2 Å². The lowest BCUT2D eigenvalue weighted by atomic mass is 10.1. The minimum absolute atomic E-state index is 0.0717. The second kappa shape index (κ2) is 6.97. The number of benzene rings is 2. The fourth-order valence-electron chi connectivity index (χ4n) is 2.31. The summed E-state index contributed by atoms with van der Waals surface area (Å²) in [6, 6.07) is 8.77. The van der Waals surface area contributed by atoms with E-state index in [1.807, 2.05) is 0 Å². The van der Waals surface area contributed by atoms with Gasteiger partial charge in [0.2, 0.25) is 0 Å². The van der Waals surface area contributed by atoms with Gasteiger partial charge in [0, 0.05) is 12.1 Å². The van der Waals surface area contributed by atoms with E-state index in [4.69, 9.17) is 0 Å². The molecule has 2 rings (SSSR count). The zero-order chi connectivity index (χ0) is 17.0. The first kappa shape index (κ1) is 16.6. The van der Waals surface area contributed by atoms with Crippen LogP contribution in [0.1, 0.15) is 27.0 Å². The van der Waals surface area contributed by atoms with Crippen LogP contribution in [0, 0.1) is 22.9 Å². The summed E-state index contributed by atoms with van der Waals surface area (Å²) in [6.07, 6.45) is 0. The molecule has 0 fully saturated rings. The fraction of sp³-hybridized carbons (Fsp3) is 0.188. The number of nitrogens with one attached hydrogen (secondary N) is 1. The van der Waals surface area contributed by atoms with Crippen molar-refractivity contribution in [3.05, 3.63) is 74.6 Å². The number of halogens is 1. The number of nitro benzene ring substituents is 1. The Hall–Kier alpha value is -2.80. The van der Waals surface area contributed by atoms with Crippen molar-refractivity contribution in [1.82, 2.24) is 5.32 Å². The highest BCUT2D eigenvalue weighted by Crippen LogP contribution is 2.24. The monoisotopic (exact) mass is 318 g/mol. The molecule has 0 radical (unpaired) electrons. The standard InChI is InChI=1S/C16H15FN2O4/c1-10-6-13(17)7-14(15(10)19(22)23)16(21)18-8-11-4-2-3-5-12(11)9-20/h2-7,20H,8-9H2,1H3,(H,18,21). The second-order valence-corrected chi connectivity index (χ2v) is 4.99. The van der Waals surface area contributed by atoms with Crippen LogP contribution in [0.2, 0.25) is 0 Å². The number of hydrogen-bond donors (Lipinski definition) is 2. The molecule has 1 amide bonds. The summed E-state index contributed by atoms with van der Waals surface area (Å²) in [5, 5.41) is 22.9. The molecule has 0 spiro atoms. The molecule has 120 valence electrons. The highest BCUT2D eigenvalue weighted by Gasteiger charge is 2.24. The van der Waals surface area contributed by atoms with Crippen molar-refractivity contribution >= 4 is 11.6 Å². The quantitative estimate of drug-likeness (QED) is 0.654. The van der Waals surface area contributed by atoms with Crippen molar-refractivity contribution in [2.24, 2.45) is 0 Å². The number of aliphatic hydroxyl groups is 1. The first-order valence-corrected chi connectivity index (χ1v) is 6.84. The third kappa shape index (κ3) is 3.70. The minimum Gasteiger partial charge on any atom is -0.392 e. The van der Waals surface area contributed by atoms with Gasteiger partial charge in [0.05, 0.1) is 11.5 Å². The zero-order valence-corrected chi connectivity index (χ0v) is 12.4. The van der Waals surface area contributed by atoms with Gasteiger partial charge in [0.1, 0.15) is 11.4 Å². The van der Waals surface area contributed by atoms with Crippen molar-refractivity contribution in [1.29, 1.82) is 0 Å². The molecule has 2 aromatic rings. The Morgan fingerprint density at radius 1 is 1.30 bits per heavy atom. The predicted octanol–water partition coefficient (Wildman–Crippen LogP) is 2.46. The maximum atomic E-state index is 13.5. The van der Waals surface area contributed by atoms with Crippen LogP contribution in [0.3, 0.4) is 0 Å². The van der Waals surface area contributed by atoms with E-state index in [2.05, 4.69) is 5.32 Å². The first-order chi connectivity index (χ1) is 10.9. The van der Waals surface area contributed by atoms with Crippen molar-refractivity contribution in [3.8, 4) is 0 Å². The average molecular weight is 318 g/mol. The summed E-state index contributed by atoms with van der Waals surface area (Å²) in [5.74, 6) is -1.46. The highest BCUT2D eigenvalue weighted by atomic mass is 19.1. The van der Waals surface area contributed by atoms with E-state index < -0.39 is 22.3 Å². The third-order valence-corrected chi connectivity index (χ3v) is 3.42. The minimum atomic E-state index is -0.743. The number of hydrogen-bond acceptors (Lipinski definition) is 4. The summed E-state index contributed by atoms with van der Waals surface area (Å²) in [4.78, 5) is 22.6. The van der Waals surface area contributed by atoms with Gasteiger partial charge in [-0.15, -0.1) is 0 Å². The van der Waals surface area contributed by atoms with Gasteiger partial charge in [0.15, 0.2) is 0 Å². The molecule has 0 aliphatic rings. The highest BCUT2D eigenvalue weighted by molar-refractivity contribution is 5.98. The molecular formula is C16H15FN2O4. The van der Waals surface area contributed by atoms with Gasteiger partial charge in [-0.25, -0.2) is 4.39 Å². The number of rotatable bonds is 5. The molecule has 2 aromatic carbocycles. The van der Waals surface area contributed by atoms with Crippen LogP contribution < -0.4 is 5.32 Å². The van der Waals surface area contributed by atoms with Crippen molar-refractivity contribution in [2.45, 2.75) is 20.1 Å². The maximum Gasteiger partial charge on any atom is 0.285 e. The lowest BCUT2D eigenvalue weighted by molar-refractivity contribution is -0.385. The van der Waals surface area contributed by atoms with Gasteiger partial charge in [-0.1, -0.05) is 24.3 Å². The Kier molecular flexibility index (Phi) is 5.02. The lowest BCUT2D eigenvalue weighted by Crippen LogP contribution is -2.24. The Morgan fingerprint density at radius 2 is 1.96 bits per heavy atom. The first-order valence-electron chi connectivity index (χ1n) is 6.84. The summed E-state index contributed by atoms with van der Waals surface area (Å²) >= 11 is 0. The normalized spacial score (nSPS) is 10.4. The van der Waals surface area contributed by atoms with Crippen LogP contribution >= 0.6 is 0 Å². The van der Waals surface area contributed by atoms with Crippen LogP contribution in [0.4, 0.5) is 10.1 Å². The molecule has 0 heterocycles. The molecular weight excluding hydrogens is 303 g/mol. The molecule has 23 heavy (non-hydrogen) atoms. The van der Waals surface area contributed by atoms with Crippen LogP contribution in [-0.2, 0) is 13.2 Å². The molecule has 6 nitrogen and oxygen atoms in total. The lowest BCUT2D eigenvalue weighted by Gasteiger charge is -2.10. The number of aryl methyl sites for hydroxylation is 1. The number of carbonyl (C=O) groups is 1. The summed E-state index contributed by atoms with van der Waals surface area (Å²) in [7, 11) is 0.